The average Bonchev–Trinajstić information content (AvgIpc) is 3.82. The first-order chi connectivity index (χ1) is 24.4. The number of nitrogens with one attached hydrogen (secondary N) is 1. The van der Waals surface area contributed by atoms with E-state index in [0.717, 1.165) is 5.56 Å². The van der Waals surface area contributed by atoms with Gasteiger partial charge in [0.2, 0.25) is 11.8 Å². The molecule has 2 fully saturated rings. The zero-order valence-corrected chi connectivity index (χ0v) is 31.2. The summed E-state index contributed by atoms with van der Waals surface area (Å²) in [7, 11) is 1.48. The van der Waals surface area contributed by atoms with Crippen LogP contribution in [0, 0.1) is 17.2 Å². The van der Waals surface area contributed by atoms with Crippen molar-refractivity contribution in [3.05, 3.63) is 72.2 Å². The molecule has 1 aromatic heterocycles. The van der Waals surface area contributed by atoms with Crippen molar-refractivity contribution in [3.63, 3.8) is 0 Å². The summed E-state index contributed by atoms with van der Waals surface area (Å²) >= 11 is 0. The number of ether oxygens (including phenoxy) is 2. The molecule has 52 heavy (non-hydrogen) atoms. The van der Waals surface area contributed by atoms with Crippen LogP contribution in [-0.4, -0.2) is 104 Å². The van der Waals surface area contributed by atoms with Crippen LogP contribution in [0.5, 0.6) is 0 Å². The van der Waals surface area contributed by atoms with Crippen LogP contribution in [0.25, 0.3) is 11.3 Å². The van der Waals surface area contributed by atoms with Gasteiger partial charge in [0.1, 0.15) is 35.8 Å². The van der Waals surface area contributed by atoms with E-state index in [1.165, 1.54) is 24.1 Å². The maximum atomic E-state index is 14.6. The largest absolute Gasteiger partial charge is 0.445 e. The van der Waals surface area contributed by atoms with Crippen molar-refractivity contribution in [1.29, 1.82) is 0 Å². The van der Waals surface area contributed by atoms with Crippen LogP contribution in [-0.2, 0) is 32.2 Å². The molecular weight excluding hydrogens is 669 g/mol. The van der Waals surface area contributed by atoms with Gasteiger partial charge in [0.05, 0.1) is 18.3 Å². The molecule has 1 N–H and O–H groups in total. The summed E-state index contributed by atoms with van der Waals surface area (Å²) in [5.41, 5.74) is 0.683. The van der Waals surface area contributed by atoms with E-state index in [-0.39, 0.29) is 30.3 Å². The van der Waals surface area contributed by atoms with Gasteiger partial charge in [-0.2, -0.15) is 0 Å². The number of nitrogens with zero attached hydrogens (tertiary/aromatic N) is 6. The van der Waals surface area contributed by atoms with Gasteiger partial charge in [0.15, 0.2) is 0 Å². The highest BCUT2D eigenvalue weighted by Gasteiger charge is 2.54. The number of benzene rings is 2. The molecule has 14 heteroatoms. The Hall–Kier alpha value is -5.01. The number of halogens is 1. The number of hydrogen-bond acceptors (Lipinski definition) is 8. The molecule has 0 radical (unpaired) electrons. The molecule has 3 aromatic rings. The average molecular weight is 720 g/mol. The van der Waals surface area contributed by atoms with Crippen LogP contribution >= 0.6 is 0 Å². The molecule has 0 spiro atoms. The van der Waals surface area contributed by atoms with Crippen molar-refractivity contribution in [3.8, 4) is 11.3 Å². The van der Waals surface area contributed by atoms with Crippen LogP contribution in [0.3, 0.4) is 0 Å². The molecule has 2 aliphatic heterocycles. The predicted octanol–water partition coefficient (Wildman–Crippen LogP) is 5.11. The standard InChI is InChI=1S/C38H50FN7O6/c1-24(43(8)35(49)52-38(5,6)7)33(47)40-32(37(2,3)4)34(48)45-19-18-30-31(45)27(21-46(30)36(50)51-23-25-12-10-9-11-13-25)20-44-22-29(41-42-44)26-14-16-28(39)17-15-26/h9-17,22,24,27,30-32H,18-21,23H2,1-8H3,(H,40,47)/t24-,27-,30+,31+,32+/m0/s1. The summed E-state index contributed by atoms with van der Waals surface area (Å²) in [5.74, 6) is -1.39. The number of carbonyl (C=O) groups excluding carboxylic acids is 4. The molecule has 0 aliphatic carbocycles. The minimum atomic E-state index is -0.940. The van der Waals surface area contributed by atoms with Gasteiger partial charge < -0.3 is 24.6 Å². The highest BCUT2D eigenvalue weighted by atomic mass is 19.1. The van der Waals surface area contributed by atoms with E-state index in [1.807, 2.05) is 51.1 Å². The summed E-state index contributed by atoms with van der Waals surface area (Å²) in [6.07, 6.45) is 1.16. The van der Waals surface area contributed by atoms with Gasteiger partial charge in [-0.15, -0.1) is 5.10 Å². The third kappa shape index (κ3) is 8.88. The summed E-state index contributed by atoms with van der Waals surface area (Å²) in [6, 6.07) is 12.8. The summed E-state index contributed by atoms with van der Waals surface area (Å²) in [4.78, 5) is 59.2. The predicted molar refractivity (Wildman–Crippen MR) is 191 cm³/mol. The molecule has 3 heterocycles. The quantitative estimate of drug-likeness (QED) is 0.322. The second kappa shape index (κ2) is 15.3. The normalized spacial score (nSPS) is 19.8. The fourth-order valence-electron chi connectivity index (χ4n) is 6.76. The van der Waals surface area contributed by atoms with E-state index in [0.29, 0.717) is 37.3 Å². The molecule has 2 saturated heterocycles. The molecule has 0 saturated carbocycles. The lowest BCUT2D eigenvalue weighted by Crippen LogP contribution is -2.59. The molecule has 13 nitrogen and oxygen atoms in total. The van der Waals surface area contributed by atoms with Crippen LogP contribution in [0.15, 0.2) is 60.8 Å². The lowest BCUT2D eigenvalue weighted by Gasteiger charge is -2.38. The Labute approximate surface area is 304 Å². The fourth-order valence-corrected chi connectivity index (χ4v) is 6.76. The van der Waals surface area contributed by atoms with E-state index in [4.69, 9.17) is 9.47 Å². The maximum absolute atomic E-state index is 14.6. The molecule has 280 valence electrons. The Kier molecular flexibility index (Phi) is 11.3. The third-order valence-electron chi connectivity index (χ3n) is 9.60. The van der Waals surface area contributed by atoms with Gasteiger partial charge in [-0.05, 0) is 69.4 Å². The number of rotatable bonds is 9. The minimum absolute atomic E-state index is 0.110. The first-order valence-corrected chi connectivity index (χ1v) is 17.6. The molecular formula is C38H50FN7O6. The number of fused-ring (bicyclic) bond motifs is 1. The number of likely N-dealkylation sites (tertiary alicyclic amines) is 2. The van der Waals surface area contributed by atoms with Gasteiger partial charge in [0, 0.05) is 38.2 Å². The van der Waals surface area contributed by atoms with Crippen LogP contribution in [0.1, 0.15) is 60.5 Å². The Morgan fingerprint density at radius 1 is 1.00 bits per heavy atom. The van der Waals surface area contributed by atoms with Gasteiger partial charge in [-0.3, -0.25) is 19.2 Å². The van der Waals surface area contributed by atoms with E-state index >= 15 is 0 Å². The SMILES string of the molecule is C[C@@H](C(=O)N[C@H](C(=O)N1CC[C@@H]2[C@H]1[C@@H](Cn1cc(-c3ccc(F)cc3)nn1)CN2C(=O)OCc1ccccc1)C(C)(C)C)N(C)C(=O)OC(C)(C)C. The van der Waals surface area contributed by atoms with Gasteiger partial charge in [-0.25, -0.2) is 14.0 Å². The number of amides is 4. The zero-order chi connectivity index (χ0) is 38.0. The van der Waals surface area contributed by atoms with Crippen molar-refractivity contribution >= 4 is 24.0 Å². The maximum Gasteiger partial charge on any atom is 0.410 e. The Morgan fingerprint density at radius 2 is 1.67 bits per heavy atom. The molecule has 4 amide bonds. The fraction of sp³-hybridized carbons (Fsp3) is 0.526. The number of hydrogen-bond donors (Lipinski definition) is 1. The lowest BCUT2D eigenvalue weighted by molar-refractivity contribution is -0.141. The van der Waals surface area contributed by atoms with Gasteiger partial charge in [0.25, 0.3) is 0 Å². The highest BCUT2D eigenvalue weighted by Crippen LogP contribution is 2.38. The number of carbonyl (C=O) groups is 4. The first kappa shape index (κ1) is 38.2. The van der Waals surface area contributed by atoms with E-state index in [2.05, 4.69) is 15.6 Å². The molecule has 5 rings (SSSR count). The molecule has 0 unspecified atom stereocenters. The van der Waals surface area contributed by atoms with Crippen molar-refractivity contribution in [1.82, 2.24) is 35.0 Å². The van der Waals surface area contributed by atoms with Gasteiger partial charge >= 0.3 is 12.2 Å². The Bertz CT molecular complexity index is 1740. The van der Waals surface area contributed by atoms with Crippen molar-refractivity contribution in [2.75, 3.05) is 20.1 Å². The van der Waals surface area contributed by atoms with Crippen LogP contribution in [0.2, 0.25) is 0 Å². The number of aromatic nitrogens is 3. The van der Waals surface area contributed by atoms with Crippen molar-refractivity contribution < 1.29 is 33.0 Å². The second-order valence-electron chi connectivity index (χ2n) is 15.7. The van der Waals surface area contributed by atoms with Crippen LogP contribution in [0.4, 0.5) is 14.0 Å². The molecule has 5 atom stereocenters. The van der Waals surface area contributed by atoms with E-state index in [9.17, 15) is 23.6 Å². The topological polar surface area (TPSA) is 139 Å². The minimum Gasteiger partial charge on any atom is -0.445 e. The van der Waals surface area contributed by atoms with E-state index < -0.39 is 47.2 Å². The van der Waals surface area contributed by atoms with E-state index in [1.54, 1.807) is 60.5 Å². The summed E-state index contributed by atoms with van der Waals surface area (Å²) in [5, 5.41) is 11.6. The molecule has 2 aromatic carbocycles. The zero-order valence-electron chi connectivity index (χ0n) is 31.2. The second-order valence-corrected chi connectivity index (χ2v) is 15.7. The van der Waals surface area contributed by atoms with Gasteiger partial charge in [-0.1, -0.05) is 56.3 Å². The van der Waals surface area contributed by atoms with Crippen LogP contribution < -0.4 is 5.32 Å². The first-order valence-electron chi connectivity index (χ1n) is 17.6. The molecule has 0 bridgehead atoms. The van der Waals surface area contributed by atoms with Crippen molar-refractivity contribution in [2.24, 2.45) is 11.3 Å². The smallest absolute Gasteiger partial charge is 0.410 e. The van der Waals surface area contributed by atoms with Crippen molar-refractivity contribution in [2.45, 2.75) is 97.8 Å². The summed E-state index contributed by atoms with van der Waals surface area (Å²) < 4.78 is 26.4. The lowest BCUT2D eigenvalue weighted by atomic mass is 9.85. The Morgan fingerprint density at radius 3 is 2.31 bits per heavy atom. The number of likely N-dealkylation sites (N-methyl/N-ethyl adjacent to an activating group) is 1. The Balaban J connectivity index is 1.37. The molecule has 2 aliphatic rings. The monoisotopic (exact) mass is 719 g/mol. The summed E-state index contributed by atoms with van der Waals surface area (Å²) in [6.45, 7) is 13.6. The third-order valence-corrected chi connectivity index (χ3v) is 9.60. The highest BCUT2D eigenvalue weighted by molar-refractivity contribution is 5.92.